The van der Waals surface area contributed by atoms with Crippen LogP contribution in [0.4, 0.5) is 0 Å². The lowest BCUT2D eigenvalue weighted by atomic mass is 10.1. The number of aromatic nitrogens is 3. The van der Waals surface area contributed by atoms with E-state index in [9.17, 15) is 0 Å². The van der Waals surface area contributed by atoms with E-state index in [2.05, 4.69) is 4.98 Å². The van der Waals surface area contributed by atoms with Crippen molar-refractivity contribution in [3.05, 3.63) is 71.9 Å². The number of ether oxygens (including phenoxy) is 3. The molecule has 3 aromatic carbocycles. The van der Waals surface area contributed by atoms with Crippen molar-refractivity contribution in [2.75, 3.05) is 21.3 Å². The van der Waals surface area contributed by atoms with Crippen LogP contribution >= 0.6 is 11.6 Å². The summed E-state index contributed by atoms with van der Waals surface area (Å²) in [7, 11) is 4.89. The number of fused-ring (bicyclic) bond motifs is 3. The minimum absolute atomic E-state index is 0.634. The summed E-state index contributed by atoms with van der Waals surface area (Å²) in [6, 6.07) is 19.2. The number of pyridine rings is 1. The van der Waals surface area contributed by atoms with Gasteiger partial charge in [0.1, 0.15) is 11.4 Å². The van der Waals surface area contributed by atoms with E-state index in [1.165, 1.54) is 0 Å². The second-order valence-electron chi connectivity index (χ2n) is 7.21. The third kappa shape index (κ3) is 3.29. The van der Waals surface area contributed by atoms with Crippen LogP contribution in [-0.2, 0) is 0 Å². The van der Waals surface area contributed by atoms with Gasteiger partial charge in [0.15, 0.2) is 11.5 Å². The molecule has 0 bridgehead atoms. The fourth-order valence-electron chi connectivity index (χ4n) is 3.86. The third-order valence-electron chi connectivity index (χ3n) is 5.44. The summed E-state index contributed by atoms with van der Waals surface area (Å²) in [5, 5.41) is 7.51. The molecule has 0 radical (unpaired) electrons. The van der Waals surface area contributed by atoms with Crippen molar-refractivity contribution < 1.29 is 14.2 Å². The molecule has 0 atom stereocenters. The standard InChI is InChI=1S/C25H20ClN3O3/c1-30-18-9-10-21-19(13-18)25-20(14-27-21)24(15-4-11-22(31-2)23(12-15)32-3)28-29(25)17-7-5-16(26)6-8-17/h4-14H,1-3H3. The Hall–Kier alpha value is -3.77. The number of halogens is 1. The van der Waals surface area contributed by atoms with Gasteiger partial charge in [0, 0.05) is 27.6 Å². The molecule has 0 aliphatic rings. The topological polar surface area (TPSA) is 58.4 Å². The van der Waals surface area contributed by atoms with Crippen LogP contribution in [0.25, 0.3) is 38.8 Å². The molecule has 0 amide bonds. The van der Waals surface area contributed by atoms with Crippen LogP contribution in [0.3, 0.4) is 0 Å². The van der Waals surface area contributed by atoms with Gasteiger partial charge in [-0.1, -0.05) is 11.6 Å². The summed E-state index contributed by atoms with van der Waals surface area (Å²) in [6.45, 7) is 0. The average molecular weight is 446 g/mol. The summed E-state index contributed by atoms with van der Waals surface area (Å²) in [5.74, 6) is 2.05. The Kier molecular flexibility index (Phi) is 5.07. The lowest BCUT2D eigenvalue weighted by Gasteiger charge is -2.08. The molecule has 5 aromatic rings. The Morgan fingerprint density at radius 3 is 2.28 bits per heavy atom. The van der Waals surface area contributed by atoms with Crippen LogP contribution in [0.2, 0.25) is 5.02 Å². The molecule has 0 unspecified atom stereocenters. The number of benzene rings is 3. The lowest BCUT2D eigenvalue weighted by molar-refractivity contribution is 0.355. The first-order chi connectivity index (χ1) is 15.6. The fourth-order valence-corrected chi connectivity index (χ4v) is 3.98. The smallest absolute Gasteiger partial charge is 0.161 e. The number of rotatable bonds is 5. The molecule has 0 aliphatic heterocycles. The van der Waals surface area contributed by atoms with Crippen LogP contribution in [-0.4, -0.2) is 36.1 Å². The van der Waals surface area contributed by atoms with Gasteiger partial charge in [-0.05, 0) is 60.7 Å². The highest BCUT2D eigenvalue weighted by Crippen LogP contribution is 2.38. The Morgan fingerprint density at radius 1 is 0.781 bits per heavy atom. The van der Waals surface area contributed by atoms with Crippen LogP contribution in [0.15, 0.2) is 66.9 Å². The number of nitrogens with zero attached hydrogens (tertiary/aromatic N) is 3. The first-order valence-corrected chi connectivity index (χ1v) is 10.3. The summed E-state index contributed by atoms with van der Waals surface area (Å²) in [4.78, 5) is 4.68. The average Bonchev–Trinajstić information content (AvgIpc) is 3.24. The zero-order valence-electron chi connectivity index (χ0n) is 17.8. The maximum Gasteiger partial charge on any atom is 0.161 e. The Morgan fingerprint density at radius 2 is 1.56 bits per heavy atom. The van der Waals surface area contributed by atoms with E-state index in [1.54, 1.807) is 21.3 Å². The molecule has 0 aliphatic carbocycles. The lowest BCUT2D eigenvalue weighted by Crippen LogP contribution is -1.97. The predicted octanol–water partition coefficient (Wildman–Crippen LogP) is 5.92. The number of hydrogen-bond donors (Lipinski definition) is 0. The summed E-state index contributed by atoms with van der Waals surface area (Å²) in [6.07, 6.45) is 1.86. The molecule has 32 heavy (non-hydrogen) atoms. The minimum Gasteiger partial charge on any atom is -0.497 e. The summed E-state index contributed by atoms with van der Waals surface area (Å²) >= 11 is 6.13. The normalized spacial score (nSPS) is 11.1. The molecule has 2 aromatic heterocycles. The van der Waals surface area contributed by atoms with Crippen molar-refractivity contribution in [2.24, 2.45) is 0 Å². The monoisotopic (exact) mass is 445 g/mol. The third-order valence-corrected chi connectivity index (χ3v) is 5.69. The van der Waals surface area contributed by atoms with E-state index in [0.717, 1.165) is 44.5 Å². The fraction of sp³-hybridized carbons (Fsp3) is 0.120. The van der Waals surface area contributed by atoms with Gasteiger partial charge in [0.25, 0.3) is 0 Å². The van der Waals surface area contributed by atoms with Crippen molar-refractivity contribution in [2.45, 2.75) is 0 Å². The van der Waals surface area contributed by atoms with Gasteiger partial charge in [0.2, 0.25) is 0 Å². The van der Waals surface area contributed by atoms with Crippen molar-refractivity contribution in [1.29, 1.82) is 0 Å². The molecule has 0 spiro atoms. The summed E-state index contributed by atoms with van der Waals surface area (Å²) < 4.78 is 18.3. The Bertz CT molecular complexity index is 1450. The van der Waals surface area contributed by atoms with Gasteiger partial charge < -0.3 is 14.2 Å². The zero-order valence-corrected chi connectivity index (χ0v) is 18.6. The molecule has 0 saturated heterocycles. The second-order valence-corrected chi connectivity index (χ2v) is 7.65. The Balaban J connectivity index is 1.85. The SMILES string of the molecule is COc1ccc2ncc3c(-c4ccc(OC)c(OC)c4)nn(-c4ccc(Cl)cc4)c3c2c1. The summed E-state index contributed by atoms with van der Waals surface area (Å²) in [5.41, 5.74) is 4.35. The zero-order chi connectivity index (χ0) is 22.2. The van der Waals surface area contributed by atoms with Crippen LogP contribution in [0.5, 0.6) is 17.2 Å². The molecule has 160 valence electrons. The predicted molar refractivity (Wildman–Crippen MR) is 126 cm³/mol. The van der Waals surface area contributed by atoms with Gasteiger partial charge in [-0.15, -0.1) is 0 Å². The molecular weight excluding hydrogens is 426 g/mol. The minimum atomic E-state index is 0.634. The van der Waals surface area contributed by atoms with Gasteiger partial charge in [-0.2, -0.15) is 5.10 Å². The maximum atomic E-state index is 6.13. The van der Waals surface area contributed by atoms with Gasteiger partial charge >= 0.3 is 0 Å². The molecule has 7 heteroatoms. The van der Waals surface area contributed by atoms with Crippen molar-refractivity contribution in [3.63, 3.8) is 0 Å². The highest BCUT2D eigenvalue weighted by molar-refractivity contribution is 6.30. The molecule has 0 fully saturated rings. The highest BCUT2D eigenvalue weighted by Gasteiger charge is 2.19. The van der Waals surface area contributed by atoms with E-state index in [0.29, 0.717) is 16.5 Å². The first-order valence-electron chi connectivity index (χ1n) is 9.96. The second kappa shape index (κ2) is 8.05. The van der Waals surface area contributed by atoms with Crippen molar-refractivity contribution in [1.82, 2.24) is 14.8 Å². The van der Waals surface area contributed by atoms with E-state index < -0.39 is 0 Å². The quantitative estimate of drug-likeness (QED) is 0.336. The molecular formula is C25H20ClN3O3. The molecule has 2 heterocycles. The molecule has 0 saturated carbocycles. The van der Waals surface area contributed by atoms with E-state index >= 15 is 0 Å². The largest absolute Gasteiger partial charge is 0.497 e. The van der Waals surface area contributed by atoms with Gasteiger partial charge in [0.05, 0.1) is 38.1 Å². The first kappa shape index (κ1) is 20.2. The Labute approximate surface area is 189 Å². The maximum absolute atomic E-state index is 6.13. The van der Waals surface area contributed by atoms with E-state index in [1.807, 2.05) is 71.5 Å². The van der Waals surface area contributed by atoms with E-state index in [-0.39, 0.29) is 0 Å². The molecule has 0 N–H and O–H groups in total. The molecule has 5 rings (SSSR count). The molecule has 6 nitrogen and oxygen atoms in total. The van der Waals surface area contributed by atoms with Crippen molar-refractivity contribution >= 4 is 33.4 Å². The number of methoxy groups -OCH3 is 3. The van der Waals surface area contributed by atoms with E-state index in [4.69, 9.17) is 30.9 Å². The van der Waals surface area contributed by atoms with Crippen molar-refractivity contribution in [3.8, 4) is 34.2 Å². The van der Waals surface area contributed by atoms with Crippen LogP contribution in [0, 0.1) is 0 Å². The highest BCUT2D eigenvalue weighted by atomic mass is 35.5. The van der Waals surface area contributed by atoms with Gasteiger partial charge in [-0.25, -0.2) is 4.68 Å². The number of hydrogen-bond acceptors (Lipinski definition) is 5. The van der Waals surface area contributed by atoms with Crippen LogP contribution < -0.4 is 14.2 Å². The van der Waals surface area contributed by atoms with Gasteiger partial charge in [-0.3, -0.25) is 4.98 Å². The van der Waals surface area contributed by atoms with Crippen LogP contribution in [0.1, 0.15) is 0 Å².